The summed E-state index contributed by atoms with van der Waals surface area (Å²) < 4.78 is 9.61. The second-order valence-corrected chi connectivity index (χ2v) is 11.1. The van der Waals surface area contributed by atoms with E-state index in [1.165, 1.54) is 77.0 Å². The summed E-state index contributed by atoms with van der Waals surface area (Å²) in [5.41, 5.74) is 0. The van der Waals surface area contributed by atoms with Crippen LogP contribution in [0.2, 0.25) is 0 Å². The quantitative estimate of drug-likeness (QED) is 0.0586. The summed E-state index contributed by atoms with van der Waals surface area (Å²) in [5.74, 6) is -1.40. The molecule has 0 aliphatic rings. The van der Waals surface area contributed by atoms with Gasteiger partial charge >= 0.3 is 23.9 Å². The second-order valence-electron chi connectivity index (χ2n) is 11.1. The predicted molar refractivity (Wildman–Crippen MR) is 165 cm³/mol. The van der Waals surface area contributed by atoms with Crippen LogP contribution in [-0.4, -0.2) is 23.9 Å². The molecule has 0 radical (unpaired) electrons. The maximum Gasteiger partial charge on any atom is 0.313 e. The highest BCUT2D eigenvalue weighted by molar-refractivity contribution is 5.85. The van der Waals surface area contributed by atoms with Crippen LogP contribution in [-0.2, 0) is 28.7 Å². The van der Waals surface area contributed by atoms with Crippen molar-refractivity contribution in [2.24, 2.45) is 0 Å². The molecule has 6 heteroatoms. The molecule has 0 fully saturated rings. The van der Waals surface area contributed by atoms with Gasteiger partial charge in [0.15, 0.2) is 0 Å². The van der Waals surface area contributed by atoms with Crippen LogP contribution in [0.25, 0.3) is 0 Å². The average molecular weight is 569 g/mol. The number of rotatable bonds is 26. The van der Waals surface area contributed by atoms with Gasteiger partial charge in [-0.3, -0.25) is 19.2 Å². The summed E-state index contributed by atoms with van der Waals surface area (Å²) in [6.45, 7) is 8.69. The minimum absolute atomic E-state index is 0.346. The van der Waals surface area contributed by atoms with Gasteiger partial charge in [-0.15, -0.1) is 0 Å². The first kappa shape index (κ1) is 40.4. The molecule has 0 aromatic heterocycles. The Kier molecular flexibility index (Phi) is 33.8. The fraction of sp³-hybridized carbons (Fsp3) is 0.882. The third kappa shape index (κ3) is 34.3. The summed E-state index contributed by atoms with van der Waals surface area (Å²) >= 11 is 0. The number of carbonyl (C=O) groups excluding carboxylic acids is 4. The zero-order valence-corrected chi connectivity index (χ0v) is 26.8. The largest absolute Gasteiger partial charge is 0.393 e. The Labute approximate surface area is 247 Å². The Morgan fingerprint density at radius 2 is 0.475 bits per heavy atom. The molecule has 0 saturated heterocycles. The normalized spacial score (nSPS) is 10.5. The molecule has 6 nitrogen and oxygen atoms in total. The van der Waals surface area contributed by atoms with Crippen molar-refractivity contribution < 1.29 is 28.7 Å². The molecule has 0 rings (SSSR count). The predicted octanol–water partition coefficient (Wildman–Crippen LogP) is 10.3. The fourth-order valence-electron chi connectivity index (χ4n) is 4.30. The standard InChI is InChI=1S/C18H34O3.C16H30O3/c1-3-5-7-9-11-13-15-17(19)21-18(20)16-14-12-10-8-6-4-2;1-3-5-7-9-11-13-15(17)19-16(18)14-12-10-8-6-4-2/h3-16H2,1-2H3;3-14H2,1-2H3. The van der Waals surface area contributed by atoms with E-state index in [2.05, 4.69) is 27.7 Å². The van der Waals surface area contributed by atoms with E-state index in [0.717, 1.165) is 64.2 Å². The van der Waals surface area contributed by atoms with E-state index in [0.29, 0.717) is 25.7 Å². The van der Waals surface area contributed by atoms with Crippen molar-refractivity contribution in [2.45, 2.75) is 195 Å². The van der Waals surface area contributed by atoms with Crippen LogP contribution >= 0.6 is 0 Å². The van der Waals surface area contributed by atoms with E-state index >= 15 is 0 Å². The lowest BCUT2D eigenvalue weighted by Crippen LogP contribution is -2.11. The molecular weight excluding hydrogens is 504 g/mol. The van der Waals surface area contributed by atoms with E-state index in [-0.39, 0.29) is 23.9 Å². The average Bonchev–Trinajstić information content (AvgIpc) is 2.92. The zero-order chi connectivity index (χ0) is 30.1. The van der Waals surface area contributed by atoms with Crippen LogP contribution in [0, 0.1) is 0 Å². The molecule has 0 aliphatic heterocycles. The molecule has 0 aromatic carbocycles. The van der Waals surface area contributed by atoms with Crippen LogP contribution in [0.5, 0.6) is 0 Å². The molecule has 236 valence electrons. The first-order chi connectivity index (χ1) is 19.4. The molecule has 0 amide bonds. The lowest BCUT2D eigenvalue weighted by molar-refractivity contribution is -0.161. The second kappa shape index (κ2) is 33.5. The molecule has 0 heterocycles. The van der Waals surface area contributed by atoms with E-state index in [1.54, 1.807) is 0 Å². The summed E-state index contributed by atoms with van der Waals surface area (Å²) in [4.78, 5) is 45.7. The van der Waals surface area contributed by atoms with Crippen molar-refractivity contribution in [3.05, 3.63) is 0 Å². The number of esters is 4. The number of hydrogen-bond acceptors (Lipinski definition) is 6. The third-order valence-electron chi connectivity index (χ3n) is 6.89. The van der Waals surface area contributed by atoms with Crippen LogP contribution in [0.3, 0.4) is 0 Å². The van der Waals surface area contributed by atoms with Crippen molar-refractivity contribution in [1.29, 1.82) is 0 Å². The monoisotopic (exact) mass is 568 g/mol. The zero-order valence-electron chi connectivity index (χ0n) is 26.8. The molecule has 0 atom stereocenters. The van der Waals surface area contributed by atoms with Gasteiger partial charge in [0.2, 0.25) is 0 Å². The first-order valence-electron chi connectivity index (χ1n) is 16.9. The van der Waals surface area contributed by atoms with Gasteiger partial charge in [0, 0.05) is 25.7 Å². The first-order valence-corrected chi connectivity index (χ1v) is 16.9. The Morgan fingerprint density at radius 3 is 0.675 bits per heavy atom. The number of unbranched alkanes of at least 4 members (excludes halogenated alkanes) is 18. The Balaban J connectivity index is 0. The molecular formula is C34H64O6. The highest BCUT2D eigenvalue weighted by atomic mass is 16.6. The molecule has 40 heavy (non-hydrogen) atoms. The van der Waals surface area contributed by atoms with Crippen molar-refractivity contribution in [1.82, 2.24) is 0 Å². The molecule has 0 unspecified atom stereocenters. The molecule has 0 aromatic rings. The van der Waals surface area contributed by atoms with Crippen LogP contribution < -0.4 is 0 Å². The minimum Gasteiger partial charge on any atom is -0.393 e. The highest BCUT2D eigenvalue weighted by Crippen LogP contribution is 2.11. The topological polar surface area (TPSA) is 86.7 Å². The molecule has 0 N–H and O–H groups in total. The van der Waals surface area contributed by atoms with E-state index in [4.69, 9.17) is 9.47 Å². The number of carbonyl (C=O) groups is 4. The van der Waals surface area contributed by atoms with Crippen LogP contribution in [0.1, 0.15) is 195 Å². The van der Waals surface area contributed by atoms with Crippen LogP contribution in [0.15, 0.2) is 0 Å². The summed E-state index contributed by atoms with van der Waals surface area (Å²) in [7, 11) is 0. The molecule has 0 spiro atoms. The highest BCUT2D eigenvalue weighted by Gasteiger charge is 2.10. The molecule has 0 aliphatic carbocycles. The van der Waals surface area contributed by atoms with Gasteiger partial charge in [0.05, 0.1) is 0 Å². The number of ether oxygens (including phenoxy) is 2. The van der Waals surface area contributed by atoms with Crippen molar-refractivity contribution in [3.63, 3.8) is 0 Å². The van der Waals surface area contributed by atoms with Gasteiger partial charge in [-0.2, -0.15) is 0 Å². The lowest BCUT2D eigenvalue weighted by Gasteiger charge is -2.03. The summed E-state index contributed by atoms with van der Waals surface area (Å²) in [6, 6.07) is 0. The smallest absolute Gasteiger partial charge is 0.313 e. The van der Waals surface area contributed by atoms with Gasteiger partial charge in [-0.05, 0) is 25.7 Å². The molecule has 0 bridgehead atoms. The molecule has 0 saturated carbocycles. The maximum absolute atomic E-state index is 11.5. The van der Waals surface area contributed by atoms with Crippen molar-refractivity contribution in [3.8, 4) is 0 Å². The van der Waals surface area contributed by atoms with Gasteiger partial charge in [-0.1, -0.05) is 143 Å². The Morgan fingerprint density at radius 1 is 0.300 bits per heavy atom. The van der Waals surface area contributed by atoms with Gasteiger partial charge in [-0.25, -0.2) is 0 Å². The fourth-order valence-corrected chi connectivity index (χ4v) is 4.30. The Hall–Kier alpha value is -1.72. The summed E-state index contributed by atoms with van der Waals surface area (Å²) in [5, 5.41) is 0. The third-order valence-corrected chi connectivity index (χ3v) is 6.89. The van der Waals surface area contributed by atoms with E-state index < -0.39 is 0 Å². The van der Waals surface area contributed by atoms with E-state index in [9.17, 15) is 19.2 Å². The Bertz CT molecular complexity index is 551. The van der Waals surface area contributed by atoms with Crippen LogP contribution in [0.4, 0.5) is 0 Å². The van der Waals surface area contributed by atoms with Gasteiger partial charge in [0.25, 0.3) is 0 Å². The number of hydrogen-bond donors (Lipinski definition) is 0. The van der Waals surface area contributed by atoms with Gasteiger partial charge < -0.3 is 9.47 Å². The summed E-state index contributed by atoms with van der Waals surface area (Å²) in [6.07, 6.45) is 26.1. The van der Waals surface area contributed by atoms with Crippen molar-refractivity contribution in [2.75, 3.05) is 0 Å². The minimum atomic E-state index is -0.352. The lowest BCUT2D eigenvalue weighted by atomic mass is 10.1. The van der Waals surface area contributed by atoms with Gasteiger partial charge in [0.1, 0.15) is 0 Å². The van der Waals surface area contributed by atoms with E-state index in [1.807, 2.05) is 0 Å². The maximum atomic E-state index is 11.5. The SMILES string of the molecule is CCCCCCCC(=O)OC(=O)CCCCCCC.CCCCCCCCC(=O)OC(=O)CCCCCCCC. The van der Waals surface area contributed by atoms with Crippen molar-refractivity contribution >= 4 is 23.9 Å².